The molecule has 116 valence electrons. The number of carbonyl (C=O) groups excluding carboxylic acids is 1. The number of rotatable bonds is 3. The van der Waals surface area contributed by atoms with Crippen LogP contribution in [0.5, 0.6) is 0 Å². The Hall–Kier alpha value is -2.59. The van der Waals surface area contributed by atoms with E-state index in [0.29, 0.717) is 22.0 Å². The molecule has 1 unspecified atom stereocenters. The Bertz CT molecular complexity index is 855. The number of aromatic amines is 1. The highest BCUT2D eigenvalue weighted by Gasteiger charge is 2.30. The van der Waals surface area contributed by atoms with E-state index in [0.717, 1.165) is 0 Å². The number of amides is 1. The summed E-state index contributed by atoms with van der Waals surface area (Å²) in [6, 6.07) is 5.76. The van der Waals surface area contributed by atoms with Crippen LogP contribution in [0.2, 0.25) is 0 Å². The van der Waals surface area contributed by atoms with Gasteiger partial charge in [-0.3, -0.25) is 9.59 Å². The second kappa shape index (κ2) is 6.26. The third-order valence-electron chi connectivity index (χ3n) is 3.49. The van der Waals surface area contributed by atoms with E-state index in [9.17, 15) is 14.0 Å². The number of hydrogen-bond donors (Lipinski definition) is 2. The van der Waals surface area contributed by atoms with Crippen LogP contribution in [0.15, 0.2) is 34.2 Å². The number of benzene rings is 1. The summed E-state index contributed by atoms with van der Waals surface area (Å²) in [7, 11) is 0. The summed E-state index contributed by atoms with van der Waals surface area (Å²) in [6.07, 6.45) is 5.30. The highest BCUT2D eigenvalue weighted by atomic mass is 32.2. The molecule has 3 rings (SSSR count). The first-order valence-corrected chi connectivity index (χ1v) is 7.83. The molecule has 1 aromatic carbocycles. The van der Waals surface area contributed by atoms with Gasteiger partial charge in [0.05, 0.1) is 11.3 Å². The molecule has 0 radical (unpaired) electrons. The molecule has 2 heterocycles. The Morgan fingerprint density at radius 2 is 2.09 bits per heavy atom. The van der Waals surface area contributed by atoms with E-state index < -0.39 is 5.92 Å². The van der Waals surface area contributed by atoms with Gasteiger partial charge in [-0.15, -0.1) is 6.42 Å². The summed E-state index contributed by atoms with van der Waals surface area (Å²) in [6.45, 7) is 0. The topological polar surface area (TPSA) is 74.8 Å². The van der Waals surface area contributed by atoms with Crippen molar-refractivity contribution in [3.63, 3.8) is 0 Å². The number of H-pyrrole nitrogens is 1. The van der Waals surface area contributed by atoms with Crippen molar-refractivity contribution >= 4 is 23.5 Å². The van der Waals surface area contributed by atoms with E-state index in [1.54, 1.807) is 12.1 Å². The van der Waals surface area contributed by atoms with Gasteiger partial charge in [0.2, 0.25) is 5.91 Å². The molecule has 2 N–H and O–H groups in total. The number of halogens is 1. The number of hydrogen-bond acceptors (Lipinski definition) is 4. The van der Waals surface area contributed by atoms with E-state index in [1.807, 2.05) is 0 Å². The highest BCUT2D eigenvalue weighted by Crippen LogP contribution is 2.34. The van der Waals surface area contributed by atoms with Crippen molar-refractivity contribution in [3.8, 4) is 12.3 Å². The molecule has 1 aromatic heterocycles. The number of fused-ring (bicyclic) bond motifs is 1. The normalized spacial score (nSPS) is 16.3. The van der Waals surface area contributed by atoms with Gasteiger partial charge in [-0.05, 0) is 17.7 Å². The summed E-state index contributed by atoms with van der Waals surface area (Å²) in [5.41, 5.74) is 0.740. The zero-order valence-corrected chi connectivity index (χ0v) is 12.7. The van der Waals surface area contributed by atoms with Crippen LogP contribution in [0, 0.1) is 18.2 Å². The molecule has 1 aliphatic rings. The fourth-order valence-electron chi connectivity index (χ4n) is 2.51. The summed E-state index contributed by atoms with van der Waals surface area (Å²) in [5, 5.41) is 2.97. The van der Waals surface area contributed by atoms with Crippen LogP contribution in [-0.2, 0) is 4.79 Å². The largest absolute Gasteiger partial charge is 0.310 e. The maximum absolute atomic E-state index is 13.1. The first kappa shape index (κ1) is 15.3. The van der Waals surface area contributed by atoms with Crippen LogP contribution in [0.1, 0.15) is 23.5 Å². The number of anilines is 1. The lowest BCUT2D eigenvalue weighted by atomic mass is 9.87. The summed E-state index contributed by atoms with van der Waals surface area (Å²) >= 11 is 1.20. The lowest BCUT2D eigenvalue weighted by molar-refractivity contribution is -0.116. The SMILES string of the molecule is C#CCSc1nc2c(c(=O)[nH]1)C(c1ccc(F)cc1)CC(=O)N2. The van der Waals surface area contributed by atoms with Crippen molar-refractivity contribution in [1.29, 1.82) is 0 Å². The van der Waals surface area contributed by atoms with Crippen molar-refractivity contribution in [1.82, 2.24) is 9.97 Å². The van der Waals surface area contributed by atoms with Crippen molar-refractivity contribution in [2.75, 3.05) is 11.1 Å². The molecule has 23 heavy (non-hydrogen) atoms. The van der Waals surface area contributed by atoms with Crippen molar-refractivity contribution in [3.05, 3.63) is 51.6 Å². The smallest absolute Gasteiger partial charge is 0.257 e. The standard InChI is InChI=1S/C16H12FN3O2S/c1-2-7-23-16-19-14-13(15(22)20-16)11(8-12(21)18-14)9-3-5-10(17)6-4-9/h1,3-6,11H,7-8H2,(H2,18,19,20,21,22). The fourth-order valence-corrected chi connectivity index (χ4v) is 3.05. The second-order valence-electron chi connectivity index (χ2n) is 4.98. The molecule has 7 heteroatoms. The van der Waals surface area contributed by atoms with Crippen molar-refractivity contribution < 1.29 is 9.18 Å². The Morgan fingerprint density at radius 1 is 1.35 bits per heavy atom. The molecular formula is C16H12FN3O2S. The maximum Gasteiger partial charge on any atom is 0.257 e. The van der Waals surface area contributed by atoms with Gasteiger partial charge in [0, 0.05) is 12.3 Å². The Labute approximate surface area is 135 Å². The van der Waals surface area contributed by atoms with Gasteiger partial charge in [0.25, 0.3) is 5.56 Å². The lowest BCUT2D eigenvalue weighted by Gasteiger charge is -2.24. The minimum atomic E-state index is -0.456. The minimum absolute atomic E-state index is 0.111. The number of thioether (sulfide) groups is 1. The first-order valence-electron chi connectivity index (χ1n) is 6.84. The van der Waals surface area contributed by atoms with E-state index >= 15 is 0 Å². The van der Waals surface area contributed by atoms with Crippen LogP contribution >= 0.6 is 11.8 Å². The molecule has 5 nitrogen and oxygen atoms in total. The predicted molar refractivity (Wildman–Crippen MR) is 85.9 cm³/mol. The highest BCUT2D eigenvalue weighted by molar-refractivity contribution is 7.99. The molecule has 1 amide bonds. The van der Waals surface area contributed by atoms with Crippen LogP contribution in [0.4, 0.5) is 10.2 Å². The minimum Gasteiger partial charge on any atom is -0.310 e. The second-order valence-corrected chi connectivity index (χ2v) is 5.95. The van der Waals surface area contributed by atoms with Crippen molar-refractivity contribution in [2.45, 2.75) is 17.5 Å². The quantitative estimate of drug-likeness (QED) is 0.514. The predicted octanol–water partition coefficient (Wildman–Crippen LogP) is 2.11. The molecule has 0 fully saturated rings. The van der Waals surface area contributed by atoms with Gasteiger partial charge in [-0.2, -0.15) is 0 Å². The van der Waals surface area contributed by atoms with Crippen LogP contribution in [0.3, 0.4) is 0 Å². The van der Waals surface area contributed by atoms with Gasteiger partial charge >= 0.3 is 0 Å². The number of aromatic nitrogens is 2. The number of carbonyl (C=O) groups is 1. The van der Waals surface area contributed by atoms with E-state index in [4.69, 9.17) is 6.42 Å². The average molecular weight is 329 g/mol. The molecule has 0 aliphatic carbocycles. The summed E-state index contributed by atoms with van der Waals surface area (Å²) < 4.78 is 13.1. The molecule has 0 spiro atoms. The average Bonchev–Trinajstić information content (AvgIpc) is 2.52. The molecule has 1 aliphatic heterocycles. The van der Waals surface area contributed by atoms with Gasteiger partial charge < -0.3 is 10.3 Å². The fraction of sp³-hybridized carbons (Fsp3) is 0.188. The van der Waals surface area contributed by atoms with Gasteiger partial charge in [0.15, 0.2) is 5.16 Å². The van der Waals surface area contributed by atoms with Gasteiger partial charge in [0.1, 0.15) is 11.6 Å². The maximum atomic E-state index is 13.1. The van der Waals surface area contributed by atoms with E-state index in [-0.39, 0.29) is 29.5 Å². The molecule has 0 bridgehead atoms. The van der Waals surface area contributed by atoms with E-state index in [1.165, 1.54) is 23.9 Å². The molecule has 0 saturated heterocycles. The molecule has 2 aromatic rings. The Morgan fingerprint density at radius 3 is 2.78 bits per heavy atom. The van der Waals surface area contributed by atoms with Gasteiger partial charge in [-0.25, -0.2) is 9.37 Å². The number of nitrogens with one attached hydrogen (secondary N) is 2. The Kier molecular flexibility index (Phi) is 4.17. The molecule has 1 atom stereocenters. The Balaban J connectivity index is 2.07. The van der Waals surface area contributed by atoms with Crippen LogP contribution in [0.25, 0.3) is 0 Å². The van der Waals surface area contributed by atoms with Crippen molar-refractivity contribution in [2.24, 2.45) is 0 Å². The van der Waals surface area contributed by atoms with Gasteiger partial charge in [-0.1, -0.05) is 29.8 Å². The summed E-state index contributed by atoms with van der Waals surface area (Å²) in [5.74, 6) is 1.97. The third kappa shape index (κ3) is 3.12. The van der Waals surface area contributed by atoms with E-state index in [2.05, 4.69) is 21.2 Å². The lowest BCUT2D eigenvalue weighted by Crippen LogP contribution is -2.31. The third-order valence-corrected chi connectivity index (χ3v) is 4.27. The number of nitrogens with zero attached hydrogens (tertiary/aromatic N) is 1. The van der Waals surface area contributed by atoms with Crippen LogP contribution in [-0.4, -0.2) is 21.6 Å². The first-order chi connectivity index (χ1) is 11.1. The summed E-state index contributed by atoms with van der Waals surface area (Å²) in [4.78, 5) is 31.3. The zero-order valence-electron chi connectivity index (χ0n) is 11.9. The molecular weight excluding hydrogens is 317 g/mol. The zero-order chi connectivity index (χ0) is 16.4. The van der Waals surface area contributed by atoms with Crippen LogP contribution < -0.4 is 10.9 Å². The molecule has 0 saturated carbocycles. The number of terminal acetylenes is 1. The monoisotopic (exact) mass is 329 g/mol.